The summed E-state index contributed by atoms with van der Waals surface area (Å²) in [5.74, 6) is 1.07. The van der Waals surface area contributed by atoms with Gasteiger partial charge in [0.25, 0.3) is 5.91 Å². The van der Waals surface area contributed by atoms with E-state index in [2.05, 4.69) is 5.32 Å². The van der Waals surface area contributed by atoms with Crippen molar-refractivity contribution < 1.29 is 9.53 Å². The lowest BCUT2D eigenvalue weighted by Crippen LogP contribution is -2.48. The van der Waals surface area contributed by atoms with Crippen molar-refractivity contribution in [3.63, 3.8) is 0 Å². The number of amides is 1. The van der Waals surface area contributed by atoms with Crippen LogP contribution < -0.4 is 5.32 Å². The van der Waals surface area contributed by atoms with Gasteiger partial charge in [0.15, 0.2) is 0 Å². The van der Waals surface area contributed by atoms with Crippen LogP contribution in [0.1, 0.15) is 32.6 Å². The Morgan fingerprint density at radius 1 is 1.33 bits per heavy atom. The van der Waals surface area contributed by atoms with Gasteiger partial charge in [-0.25, -0.2) is 0 Å². The lowest BCUT2D eigenvalue weighted by atomic mass is 10.0. The zero-order valence-electron chi connectivity index (χ0n) is 11.4. The van der Waals surface area contributed by atoms with Gasteiger partial charge in [-0.2, -0.15) is 0 Å². The number of carbonyl (C=O) groups is 1. The first kappa shape index (κ1) is 15.7. The maximum Gasteiger partial charge on any atom is 0.251 e. The molecule has 1 aliphatic heterocycles. The molecule has 0 aromatic carbocycles. The number of nitrogens with one attached hydrogen (secondary N) is 1. The standard InChI is InChI=1S/C13H24N2O2.ClH/c1-10(17-2)13(16)15-7-5-12(6-8-15)14-9-11-3-4-11;/h10-12,14H,3-9H2,1-2H3;1H. The Hall–Kier alpha value is -0.320. The molecule has 1 aliphatic carbocycles. The highest BCUT2D eigenvalue weighted by Crippen LogP contribution is 2.28. The average Bonchev–Trinajstić information content (AvgIpc) is 3.19. The van der Waals surface area contributed by atoms with Gasteiger partial charge in [0.05, 0.1) is 0 Å². The minimum Gasteiger partial charge on any atom is -0.372 e. The number of rotatable bonds is 5. The zero-order valence-corrected chi connectivity index (χ0v) is 12.2. The van der Waals surface area contributed by atoms with Crippen LogP contribution >= 0.6 is 12.4 Å². The number of nitrogens with zero attached hydrogens (tertiary/aromatic N) is 1. The van der Waals surface area contributed by atoms with E-state index in [0.29, 0.717) is 6.04 Å². The van der Waals surface area contributed by atoms with Gasteiger partial charge in [-0.3, -0.25) is 4.79 Å². The van der Waals surface area contributed by atoms with Crippen molar-refractivity contribution in [3.8, 4) is 0 Å². The van der Waals surface area contributed by atoms with Gasteiger partial charge < -0.3 is 15.0 Å². The van der Waals surface area contributed by atoms with Gasteiger partial charge in [-0.05, 0) is 45.1 Å². The van der Waals surface area contributed by atoms with E-state index in [4.69, 9.17) is 4.74 Å². The van der Waals surface area contributed by atoms with E-state index in [1.165, 1.54) is 19.4 Å². The van der Waals surface area contributed by atoms with E-state index in [0.717, 1.165) is 31.8 Å². The Balaban J connectivity index is 0.00000162. The molecule has 1 atom stereocenters. The van der Waals surface area contributed by atoms with Crippen molar-refractivity contribution in [1.82, 2.24) is 10.2 Å². The summed E-state index contributed by atoms with van der Waals surface area (Å²) in [7, 11) is 1.59. The van der Waals surface area contributed by atoms with Crippen LogP contribution in [0.5, 0.6) is 0 Å². The minimum absolute atomic E-state index is 0. The molecule has 1 saturated carbocycles. The Bertz CT molecular complexity index is 264. The van der Waals surface area contributed by atoms with Gasteiger partial charge in [0, 0.05) is 26.2 Å². The zero-order chi connectivity index (χ0) is 12.3. The van der Waals surface area contributed by atoms with E-state index in [1.807, 2.05) is 11.8 Å². The van der Waals surface area contributed by atoms with Gasteiger partial charge >= 0.3 is 0 Å². The smallest absolute Gasteiger partial charge is 0.251 e. The molecular weight excluding hydrogens is 252 g/mol. The Labute approximate surface area is 116 Å². The SMILES string of the molecule is COC(C)C(=O)N1CCC(NCC2CC2)CC1.Cl. The molecule has 0 spiro atoms. The topological polar surface area (TPSA) is 41.6 Å². The number of hydrogen-bond donors (Lipinski definition) is 1. The van der Waals surface area contributed by atoms with Gasteiger partial charge in [0.2, 0.25) is 0 Å². The summed E-state index contributed by atoms with van der Waals surface area (Å²) in [5.41, 5.74) is 0. The highest BCUT2D eigenvalue weighted by atomic mass is 35.5. The van der Waals surface area contributed by atoms with Gasteiger partial charge in [-0.1, -0.05) is 0 Å². The molecule has 2 fully saturated rings. The summed E-state index contributed by atoms with van der Waals surface area (Å²) in [5, 5.41) is 3.62. The largest absolute Gasteiger partial charge is 0.372 e. The molecule has 1 unspecified atom stereocenters. The molecule has 1 amide bonds. The summed E-state index contributed by atoms with van der Waals surface area (Å²) in [4.78, 5) is 13.8. The molecule has 5 heteroatoms. The fraction of sp³-hybridized carbons (Fsp3) is 0.923. The molecular formula is C13H25ClN2O2. The van der Waals surface area contributed by atoms with Gasteiger partial charge in [0.1, 0.15) is 6.10 Å². The van der Waals surface area contributed by atoms with E-state index in [-0.39, 0.29) is 24.4 Å². The predicted molar refractivity (Wildman–Crippen MR) is 74.0 cm³/mol. The van der Waals surface area contributed by atoms with Crippen LogP contribution in [0.4, 0.5) is 0 Å². The molecule has 2 rings (SSSR count). The molecule has 0 aromatic heterocycles. The molecule has 0 aromatic rings. The molecule has 0 radical (unpaired) electrons. The second-order valence-corrected chi connectivity index (χ2v) is 5.33. The van der Waals surface area contributed by atoms with Crippen LogP contribution in [-0.4, -0.2) is 49.7 Å². The number of ether oxygens (including phenoxy) is 1. The molecule has 18 heavy (non-hydrogen) atoms. The van der Waals surface area contributed by atoms with Crippen LogP contribution in [0.2, 0.25) is 0 Å². The summed E-state index contributed by atoms with van der Waals surface area (Å²) < 4.78 is 5.07. The van der Waals surface area contributed by atoms with Crippen molar-refractivity contribution in [1.29, 1.82) is 0 Å². The Morgan fingerprint density at radius 3 is 2.44 bits per heavy atom. The van der Waals surface area contributed by atoms with Crippen molar-refractivity contribution in [2.45, 2.75) is 44.8 Å². The monoisotopic (exact) mass is 276 g/mol. The number of carbonyl (C=O) groups excluding carboxylic acids is 1. The normalized spacial score (nSPS) is 22.4. The molecule has 1 N–H and O–H groups in total. The first-order valence-electron chi connectivity index (χ1n) is 6.75. The summed E-state index contributed by atoms with van der Waals surface area (Å²) in [6.07, 6.45) is 4.65. The summed E-state index contributed by atoms with van der Waals surface area (Å²) >= 11 is 0. The number of piperidine rings is 1. The predicted octanol–water partition coefficient (Wildman–Crippen LogP) is 1.43. The molecule has 2 aliphatic rings. The third-order valence-electron chi connectivity index (χ3n) is 3.90. The van der Waals surface area contributed by atoms with Crippen LogP contribution in [0.25, 0.3) is 0 Å². The van der Waals surface area contributed by atoms with Crippen molar-refractivity contribution in [2.24, 2.45) is 5.92 Å². The van der Waals surface area contributed by atoms with Crippen molar-refractivity contribution in [2.75, 3.05) is 26.7 Å². The van der Waals surface area contributed by atoms with Gasteiger partial charge in [-0.15, -0.1) is 12.4 Å². The number of likely N-dealkylation sites (tertiary alicyclic amines) is 1. The number of methoxy groups -OCH3 is 1. The highest BCUT2D eigenvalue weighted by Gasteiger charge is 2.27. The molecule has 4 nitrogen and oxygen atoms in total. The summed E-state index contributed by atoms with van der Waals surface area (Å²) in [6.45, 7) is 4.73. The van der Waals surface area contributed by atoms with E-state index in [9.17, 15) is 4.79 Å². The average molecular weight is 277 g/mol. The first-order chi connectivity index (χ1) is 8.20. The van der Waals surface area contributed by atoms with Crippen molar-refractivity contribution >= 4 is 18.3 Å². The number of halogens is 1. The van der Waals surface area contributed by atoms with E-state index in [1.54, 1.807) is 7.11 Å². The quantitative estimate of drug-likeness (QED) is 0.826. The Morgan fingerprint density at radius 2 is 1.94 bits per heavy atom. The number of hydrogen-bond acceptors (Lipinski definition) is 3. The minimum atomic E-state index is -0.300. The van der Waals surface area contributed by atoms with Crippen molar-refractivity contribution in [3.05, 3.63) is 0 Å². The van der Waals surface area contributed by atoms with Crippen LogP contribution in [0.3, 0.4) is 0 Å². The first-order valence-corrected chi connectivity index (χ1v) is 6.75. The molecule has 106 valence electrons. The highest BCUT2D eigenvalue weighted by molar-refractivity contribution is 5.85. The fourth-order valence-corrected chi connectivity index (χ4v) is 2.32. The molecule has 1 saturated heterocycles. The maximum absolute atomic E-state index is 11.9. The lowest BCUT2D eigenvalue weighted by Gasteiger charge is -2.33. The molecule has 1 heterocycles. The Kier molecular flexibility index (Phi) is 6.39. The maximum atomic E-state index is 11.9. The molecule has 0 bridgehead atoms. The second-order valence-electron chi connectivity index (χ2n) is 5.33. The van der Waals surface area contributed by atoms with Crippen LogP contribution in [0, 0.1) is 5.92 Å². The van der Waals surface area contributed by atoms with Crippen LogP contribution in [0.15, 0.2) is 0 Å². The van der Waals surface area contributed by atoms with Crippen LogP contribution in [-0.2, 0) is 9.53 Å². The lowest BCUT2D eigenvalue weighted by molar-refractivity contribution is -0.142. The van der Waals surface area contributed by atoms with E-state index < -0.39 is 0 Å². The van der Waals surface area contributed by atoms with E-state index >= 15 is 0 Å². The second kappa shape index (κ2) is 7.31. The third kappa shape index (κ3) is 4.41. The summed E-state index contributed by atoms with van der Waals surface area (Å²) in [6, 6.07) is 0.609. The fourth-order valence-electron chi connectivity index (χ4n) is 2.32. The third-order valence-corrected chi connectivity index (χ3v) is 3.90.